The molecule has 1 aliphatic heterocycles. The van der Waals surface area contributed by atoms with E-state index in [1.54, 1.807) is 4.90 Å². The largest absolute Gasteiger partial charge is 0.333 e. The molecule has 3 N–H and O–H groups in total. The number of carbonyl (C=O) groups is 1. The first-order valence-corrected chi connectivity index (χ1v) is 10.7. The molecule has 2 heterocycles. The highest BCUT2D eigenvalue weighted by Gasteiger charge is 2.21. The number of pyridine rings is 1. The Bertz CT molecular complexity index is 1070. The van der Waals surface area contributed by atoms with Gasteiger partial charge in [0.15, 0.2) is 0 Å². The van der Waals surface area contributed by atoms with Crippen molar-refractivity contribution < 1.29 is 9.69 Å². The number of carbonyl (C=O) groups excluding carboxylic acids is 1. The van der Waals surface area contributed by atoms with Crippen molar-refractivity contribution in [3.63, 3.8) is 0 Å². The molecule has 3 aromatic rings. The van der Waals surface area contributed by atoms with E-state index in [2.05, 4.69) is 10.3 Å². The molecule has 0 saturated carbocycles. The molecular weight excluding hydrogens is 376 g/mol. The Morgan fingerprint density at radius 3 is 2.63 bits per heavy atom. The number of amides is 2. The molecule has 30 heavy (non-hydrogen) atoms. The molecule has 0 aliphatic carbocycles. The highest BCUT2D eigenvalue weighted by atomic mass is 16.2. The van der Waals surface area contributed by atoms with Gasteiger partial charge >= 0.3 is 6.03 Å². The predicted octanol–water partition coefficient (Wildman–Crippen LogP) is 2.55. The van der Waals surface area contributed by atoms with Gasteiger partial charge in [-0.15, -0.1) is 0 Å². The Morgan fingerprint density at radius 2 is 1.87 bits per heavy atom. The molecule has 1 fully saturated rings. The number of nitrogens with one attached hydrogen (secondary N) is 3. The molecule has 0 unspecified atom stereocenters. The van der Waals surface area contributed by atoms with Crippen LogP contribution in [0.25, 0.3) is 10.9 Å². The van der Waals surface area contributed by atoms with Crippen LogP contribution in [0.3, 0.4) is 0 Å². The summed E-state index contributed by atoms with van der Waals surface area (Å²) in [5, 5.41) is 3.95. The minimum Gasteiger partial charge on any atom is -0.333 e. The van der Waals surface area contributed by atoms with Crippen LogP contribution >= 0.6 is 0 Å². The van der Waals surface area contributed by atoms with Gasteiger partial charge in [0.05, 0.1) is 38.2 Å². The SMILES string of the molecule is Cc1cccc2cc(CN(CC[NH+]3CCCC3)C(=O)Nc3ccccc3)c(=O)[nH]c12. The number of fused-ring (bicyclic) bond motifs is 1. The summed E-state index contributed by atoms with van der Waals surface area (Å²) in [5.74, 6) is 0. The van der Waals surface area contributed by atoms with Crippen LogP contribution < -0.4 is 15.8 Å². The third kappa shape index (κ3) is 4.71. The minimum absolute atomic E-state index is 0.136. The zero-order valence-corrected chi connectivity index (χ0v) is 17.4. The summed E-state index contributed by atoms with van der Waals surface area (Å²) < 4.78 is 0. The van der Waals surface area contributed by atoms with Crippen LogP contribution in [0.15, 0.2) is 59.4 Å². The van der Waals surface area contributed by atoms with Crippen molar-refractivity contribution in [1.29, 1.82) is 0 Å². The maximum Gasteiger partial charge on any atom is 0.322 e. The van der Waals surface area contributed by atoms with E-state index in [9.17, 15) is 9.59 Å². The van der Waals surface area contributed by atoms with E-state index in [4.69, 9.17) is 0 Å². The summed E-state index contributed by atoms with van der Waals surface area (Å²) in [6, 6.07) is 17.1. The van der Waals surface area contributed by atoms with Crippen LogP contribution in [0, 0.1) is 6.92 Å². The first-order chi connectivity index (χ1) is 14.6. The standard InChI is InChI=1S/C24H28N4O2/c1-18-8-7-9-19-16-20(23(29)26-22(18)19)17-28(15-14-27-12-5-6-13-27)24(30)25-21-10-3-2-4-11-21/h2-4,7-11,16H,5-6,12-15,17H2,1H3,(H,25,30)(H,26,29)/p+1. The van der Waals surface area contributed by atoms with Crippen molar-refractivity contribution in [3.8, 4) is 0 Å². The molecule has 6 heteroatoms. The second-order valence-corrected chi connectivity index (χ2v) is 8.09. The number of para-hydroxylation sites is 2. The monoisotopic (exact) mass is 405 g/mol. The molecule has 0 bridgehead atoms. The van der Waals surface area contributed by atoms with E-state index in [1.165, 1.54) is 17.7 Å². The molecule has 2 aromatic carbocycles. The summed E-state index contributed by atoms with van der Waals surface area (Å²) in [6.45, 7) is 6.08. The third-order valence-electron chi connectivity index (χ3n) is 5.88. The number of aromatic amines is 1. The Kier molecular flexibility index (Phi) is 6.14. The van der Waals surface area contributed by atoms with Crippen LogP contribution in [-0.4, -0.2) is 42.1 Å². The van der Waals surface area contributed by atoms with Gasteiger partial charge in [-0.3, -0.25) is 4.79 Å². The zero-order chi connectivity index (χ0) is 20.9. The molecule has 2 amide bonds. The van der Waals surface area contributed by atoms with Gasteiger partial charge in [-0.1, -0.05) is 36.4 Å². The quantitative estimate of drug-likeness (QED) is 0.590. The fourth-order valence-corrected chi connectivity index (χ4v) is 4.15. The number of H-pyrrole nitrogens is 1. The van der Waals surface area contributed by atoms with Crippen LogP contribution in [0.5, 0.6) is 0 Å². The molecule has 0 atom stereocenters. The number of urea groups is 1. The molecule has 156 valence electrons. The second kappa shape index (κ2) is 9.13. The number of hydrogen-bond donors (Lipinski definition) is 3. The van der Waals surface area contributed by atoms with Crippen molar-refractivity contribution in [2.45, 2.75) is 26.3 Å². The van der Waals surface area contributed by atoms with E-state index in [-0.39, 0.29) is 18.1 Å². The number of aryl methyl sites for hydroxylation is 1. The Labute approximate surface area is 176 Å². The molecule has 1 aliphatic rings. The van der Waals surface area contributed by atoms with Crippen LogP contribution in [-0.2, 0) is 6.54 Å². The normalized spacial score (nSPS) is 14.2. The van der Waals surface area contributed by atoms with Crippen LogP contribution in [0.1, 0.15) is 24.0 Å². The van der Waals surface area contributed by atoms with Crippen LogP contribution in [0.2, 0.25) is 0 Å². The fraction of sp³-hybridized carbons (Fsp3) is 0.333. The molecule has 0 spiro atoms. The minimum atomic E-state index is -0.177. The first kappa shape index (κ1) is 20.2. The lowest BCUT2D eigenvalue weighted by Gasteiger charge is -2.24. The fourth-order valence-electron chi connectivity index (χ4n) is 4.15. The molecule has 4 rings (SSSR count). The first-order valence-electron chi connectivity index (χ1n) is 10.7. The second-order valence-electron chi connectivity index (χ2n) is 8.09. The Morgan fingerprint density at radius 1 is 1.10 bits per heavy atom. The van der Waals surface area contributed by atoms with Crippen molar-refractivity contribution in [2.75, 3.05) is 31.5 Å². The number of hydrogen-bond acceptors (Lipinski definition) is 2. The van der Waals surface area contributed by atoms with Gasteiger partial charge < -0.3 is 20.1 Å². The van der Waals surface area contributed by atoms with Crippen molar-refractivity contribution in [3.05, 3.63) is 76.1 Å². The Balaban J connectivity index is 1.56. The average molecular weight is 406 g/mol. The van der Waals surface area contributed by atoms with Gasteiger partial charge in [0.1, 0.15) is 0 Å². The number of aromatic nitrogens is 1. The van der Waals surface area contributed by atoms with E-state index in [0.717, 1.165) is 41.8 Å². The molecule has 1 saturated heterocycles. The number of quaternary nitrogens is 1. The molecule has 0 radical (unpaired) electrons. The zero-order valence-electron chi connectivity index (χ0n) is 17.4. The summed E-state index contributed by atoms with van der Waals surface area (Å²) >= 11 is 0. The van der Waals surface area contributed by atoms with E-state index in [0.29, 0.717) is 12.1 Å². The number of anilines is 1. The smallest absolute Gasteiger partial charge is 0.322 e. The lowest BCUT2D eigenvalue weighted by Crippen LogP contribution is -3.10. The number of likely N-dealkylation sites (tertiary alicyclic amines) is 1. The van der Waals surface area contributed by atoms with E-state index < -0.39 is 0 Å². The lowest BCUT2D eigenvalue weighted by atomic mass is 10.1. The van der Waals surface area contributed by atoms with Gasteiger partial charge in [0.25, 0.3) is 5.56 Å². The highest BCUT2D eigenvalue weighted by Crippen LogP contribution is 2.16. The van der Waals surface area contributed by atoms with Gasteiger partial charge in [-0.2, -0.15) is 0 Å². The van der Waals surface area contributed by atoms with Gasteiger partial charge in [-0.25, -0.2) is 4.79 Å². The summed E-state index contributed by atoms with van der Waals surface area (Å²) in [6.07, 6.45) is 2.49. The number of benzene rings is 2. The molecular formula is C24H29N4O2+. The maximum absolute atomic E-state index is 13.0. The molecule has 6 nitrogen and oxygen atoms in total. The summed E-state index contributed by atoms with van der Waals surface area (Å²) in [7, 11) is 0. The average Bonchev–Trinajstić information content (AvgIpc) is 3.26. The maximum atomic E-state index is 13.0. The highest BCUT2D eigenvalue weighted by molar-refractivity contribution is 5.89. The van der Waals surface area contributed by atoms with Crippen molar-refractivity contribution in [1.82, 2.24) is 9.88 Å². The lowest BCUT2D eigenvalue weighted by molar-refractivity contribution is -0.886. The topological polar surface area (TPSA) is 69.6 Å². The molecule has 1 aromatic heterocycles. The number of nitrogens with zero attached hydrogens (tertiary/aromatic N) is 1. The van der Waals surface area contributed by atoms with Crippen molar-refractivity contribution >= 4 is 22.6 Å². The third-order valence-corrected chi connectivity index (χ3v) is 5.88. The van der Waals surface area contributed by atoms with Crippen LogP contribution in [0.4, 0.5) is 10.5 Å². The summed E-state index contributed by atoms with van der Waals surface area (Å²) in [5.41, 5.74) is 3.11. The number of rotatable bonds is 6. The van der Waals surface area contributed by atoms with Gasteiger partial charge in [0, 0.05) is 24.1 Å². The van der Waals surface area contributed by atoms with Gasteiger partial charge in [-0.05, 0) is 36.1 Å². The van der Waals surface area contributed by atoms with E-state index >= 15 is 0 Å². The van der Waals surface area contributed by atoms with Crippen molar-refractivity contribution in [2.24, 2.45) is 0 Å². The van der Waals surface area contributed by atoms with E-state index in [1.807, 2.05) is 61.5 Å². The van der Waals surface area contributed by atoms with Gasteiger partial charge in [0.2, 0.25) is 0 Å². The summed E-state index contributed by atoms with van der Waals surface area (Å²) in [4.78, 5) is 32.1. The predicted molar refractivity (Wildman–Crippen MR) is 120 cm³/mol. The Hall–Kier alpha value is -3.12.